The van der Waals surface area contributed by atoms with Crippen LogP contribution in [0.5, 0.6) is 0 Å². The zero-order valence-electron chi connectivity index (χ0n) is 7.14. The second kappa shape index (κ2) is 6.19. The Morgan fingerprint density at radius 3 is 2.36 bits per heavy atom. The Labute approximate surface area is 78.9 Å². The topological polar surface area (TPSA) is 68.8 Å². The predicted molar refractivity (Wildman–Crippen MR) is 39.4 cm³/mol. The van der Waals surface area contributed by atoms with Crippen molar-refractivity contribution < 1.29 is 17.9 Å². The van der Waals surface area contributed by atoms with Gasteiger partial charge in [-0.05, 0) is 0 Å². The first-order chi connectivity index (χ1) is 6.49. The van der Waals surface area contributed by atoms with Gasteiger partial charge in [0.1, 0.15) is 6.23 Å². The van der Waals surface area contributed by atoms with E-state index in [-0.39, 0.29) is 13.0 Å². The molecular weight excluding hydrogens is 199 g/mol. The summed E-state index contributed by atoms with van der Waals surface area (Å²) in [5.74, 6) is 0. The van der Waals surface area contributed by atoms with Crippen molar-refractivity contribution >= 4 is 0 Å². The van der Waals surface area contributed by atoms with E-state index in [1.807, 2.05) is 0 Å². The molecule has 0 spiro atoms. The third kappa shape index (κ3) is 7.35. The van der Waals surface area contributed by atoms with Gasteiger partial charge in [-0.25, -0.2) is 0 Å². The summed E-state index contributed by atoms with van der Waals surface area (Å²) >= 11 is 0. The van der Waals surface area contributed by atoms with Crippen molar-refractivity contribution in [1.82, 2.24) is 5.32 Å². The third-order valence-corrected chi connectivity index (χ3v) is 1.16. The largest absolute Gasteiger partial charge is 0.524 e. The summed E-state index contributed by atoms with van der Waals surface area (Å²) in [5.41, 5.74) is 0. The molecule has 1 unspecified atom stereocenters. The van der Waals surface area contributed by atoms with Crippen LogP contribution in [0.2, 0.25) is 0 Å². The lowest BCUT2D eigenvalue weighted by Gasteiger charge is -2.17. The van der Waals surface area contributed by atoms with Crippen LogP contribution in [-0.4, -0.2) is 19.1 Å². The summed E-state index contributed by atoms with van der Waals surface area (Å²) < 4.78 is 38.7. The molecule has 78 valence electrons. The van der Waals surface area contributed by atoms with Gasteiger partial charge in [0.25, 0.3) is 0 Å². The predicted octanol–water partition coefficient (Wildman–Crippen LogP) is 1.27. The maximum Gasteiger partial charge on any atom is 0.524 e. The van der Waals surface area contributed by atoms with E-state index in [9.17, 15) is 13.2 Å². The van der Waals surface area contributed by atoms with Gasteiger partial charge in [-0.15, -0.1) is 13.2 Å². The highest BCUT2D eigenvalue weighted by Gasteiger charge is 2.33. The first-order valence-corrected chi connectivity index (χ1v) is 3.71. The minimum absolute atomic E-state index is 0.0545. The van der Waals surface area contributed by atoms with Crippen LogP contribution < -0.4 is 5.32 Å². The van der Waals surface area contributed by atoms with Crippen LogP contribution in [0.3, 0.4) is 0 Å². The van der Waals surface area contributed by atoms with E-state index in [1.165, 1.54) is 0 Å². The maximum absolute atomic E-state index is 11.7. The molecular formula is C7H8F3N3O. The highest BCUT2D eigenvalue weighted by molar-refractivity contribution is 4.77. The van der Waals surface area contributed by atoms with Crippen molar-refractivity contribution in [3.8, 4) is 12.1 Å². The Bertz CT molecular complexity index is 240. The van der Waals surface area contributed by atoms with E-state index < -0.39 is 19.0 Å². The molecule has 0 amide bonds. The average Bonchev–Trinajstić information content (AvgIpc) is 2.02. The summed E-state index contributed by atoms with van der Waals surface area (Å²) in [6.07, 6.45) is -6.55. The minimum Gasteiger partial charge on any atom is -0.290 e. The van der Waals surface area contributed by atoms with Crippen LogP contribution >= 0.6 is 0 Å². The highest BCUT2D eigenvalue weighted by Crippen LogP contribution is 2.18. The van der Waals surface area contributed by atoms with Crippen molar-refractivity contribution in [1.29, 1.82) is 10.5 Å². The molecule has 0 aliphatic carbocycles. The van der Waals surface area contributed by atoms with E-state index >= 15 is 0 Å². The smallest absolute Gasteiger partial charge is 0.290 e. The van der Waals surface area contributed by atoms with Gasteiger partial charge in [0, 0.05) is 13.0 Å². The Morgan fingerprint density at radius 2 is 1.93 bits per heavy atom. The summed E-state index contributed by atoms with van der Waals surface area (Å²) in [7, 11) is 0. The van der Waals surface area contributed by atoms with E-state index in [0.29, 0.717) is 0 Å². The highest BCUT2D eigenvalue weighted by atomic mass is 19.4. The standard InChI is InChI=1S/C7H8F3N3O/c8-7(9,10)14-6(2-4-12)13-5-1-3-11/h6,13H,1-2,5H2. The molecule has 0 radical (unpaired) electrons. The number of ether oxygens (including phenoxy) is 1. The fourth-order valence-corrected chi connectivity index (χ4v) is 0.689. The summed E-state index contributed by atoms with van der Waals surface area (Å²) in [6, 6.07) is 3.29. The van der Waals surface area contributed by atoms with Crippen molar-refractivity contribution in [2.24, 2.45) is 0 Å². The van der Waals surface area contributed by atoms with Crippen LogP contribution in [0.25, 0.3) is 0 Å². The fraction of sp³-hybridized carbons (Fsp3) is 0.714. The van der Waals surface area contributed by atoms with Crippen molar-refractivity contribution in [2.45, 2.75) is 25.4 Å². The summed E-state index contributed by atoms with van der Waals surface area (Å²) in [4.78, 5) is 0. The molecule has 14 heavy (non-hydrogen) atoms. The number of nitrogens with zero attached hydrogens (tertiary/aromatic N) is 2. The molecule has 7 heteroatoms. The molecule has 1 atom stereocenters. The molecule has 0 aliphatic rings. The molecule has 0 heterocycles. The van der Waals surface area contributed by atoms with Gasteiger partial charge in [-0.3, -0.25) is 10.1 Å². The lowest BCUT2D eigenvalue weighted by atomic mass is 10.4. The number of hydrogen-bond donors (Lipinski definition) is 1. The Morgan fingerprint density at radius 1 is 1.29 bits per heavy atom. The lowest BCUT2D eigenvalue weighted by molar-refractivity contribution is -0.345. The summed E-state index contributed by atoms with van der Waals surface area (Å²) in [5, 5.41) is 18.6. The van der Waals surface area contributed by atoms with E-state index in [2.05, 4.69) is 10.1 Å². The average molecular weight is 207 g/mol. The first-order valence-electron chi connectivity index (χ1n) is 3.71. The molecule has 0 saturated heterocycles. The molecule has 0 saturated carbocycles. The quantitative estimate of drug-likeness (QED) is 0.544. The van der Waals surface area contributed by atoms with Crippen molar-refractivity contribution in [3.63, 3.8) is 0 Å². The van der Waals surface area contributed by atoms with Crippen LogP contribution in [-0.2, 0) is 4.74 Å². The number of hydrogen-bond acceptors (Lipinski definition) is 4. The van der Waals surface area contributed by atoms with E-state index in [4.69, 9.17) is 10.5 Å². The van der Waals surface area contributed by atoms with Crippen LogP contribution in [0.1, 0.15) is 12.8 Å². The number of alkyl halides is 3. The number of nitrogens with one attached hydrogen (secondary N) is 1. The molecule has 1 N–H and O–H groups in total. The number of rotatable bonds is 5. The SMILES string of the molecule is N#CCCNC(CC#N)OC(F)(F)F. The Balaban J connectivity index is 3.92. The van der Waals surface area contributed by atoms with Crippen molar-refractivity contribution in [3.05, 3.63) is 0 Å². The van der Waals surface area contributed by atoms with E-state index in [0.717, 1.165) is 0 Å². The minimum atomic E-state index is -4.78. The van der Waals surface area contributed by atoms with Crippen molar-refractivity contribution in [2.75, 3.05) is 6.54 Å². The number of halogens is 3. The normalized spacial score (nSPS) is 12.9. The fourth-order valence-electron chi connectivity index (χ4n) is 0.689. The number of nitriles is 2. The first kappa shape index (κ1) is 12.7. The zero-order valence-corrected chi connectivity index (χ0v) is 7.14. The van der Waals surface area contributed by atoms with Gasteiger partial charge in [0.2, 0.25) is 0 Å². The van der Waals surface area contributed by atoms with E-state index in [1.54, 1.807) is 12.1 Å². The molecule has 0 aromatic carbocycles. The maximum atomic E-state index is 11.7. The molecule has 0 aromatic heterocycles. The monoisotopic (exact) mass is 207 g/mol. The second-order valence-electron chi connectivity index (χ2n) is 2.28. The van der Waals surface area contributed by atoms with Gasteiger partial charge in [-0.1, -0.05) is 0 Å². The molecule has 0 fully saturated rings. The molecule has 0 aliphatic heterocycles. The van der Waals surface area contributed by atoms with Gasteiger partial charge in [0.05, 0.1) is 18.6 Å². The molecule has 4 nitrogen and oxygen atoms in total. The van der Waals surface area contributed by atoms with Gasteiger partial charge in [0.15, 0.2) is 0 Å². The summed E-state index contributed by atoms with van der Waals surface area (Å²) in [6.45, 7) is 0.0545. The van der Waals surface area contributed by atoms with Gasteiger partial charge in [-0.2, -0.15) is 10.5 Å². The lowest BCUT2D eigenvalue weighted by Crippen LogP contribution is -2.36. The van der Waals surface area contributed by atoms with Crippen LogP contribution in [0.15, 0.2) is 0 Å². The zero-order chi connectivity index (χ0) is 11.0. The van der Waals surface area contributed by atoms with Gasteiger partial charge < -0.3 is 0 Å². The molecule has 0 rings (SSSR count). The van der Waals surface area contributed by atoms with Crippen LogP contribution in [0, 0.1) is 22.7 Å². The molecule has 0 aromatic rings. The Hall–Kier alpha value is -1.31. The second-order valence-corrected chi connectivity index (χ2v) is 2.28. The molecule has 0 bridgehead atoms. The Kier molecular flexibility index (Phi) is 5.61. The van der Waals surface area contributed by atoms with Crippen LogP contribution in [0.4, 0.5) is 13.2 Å². The van der Waals surface area contributed by atoms with Gasteiger partial charge >= 0.3 is 6.36 Å². The third-order valence-electron chi connectivity index (χ3n) is 1.16.